The van der Waals surface area contributed by atoms with Crippen molar-refractivity contribution in [3.63, 3.8) is 0 Å². The van der Waals surface area contributed by atoms with Gasteiger partial charge < -0.3 is 24.4 Å². The number of hydrogen-bond acceptors (Lipinski definition) is 6. The first kappa shape index (κ1) is 26.5. The lowest BCUT2D eigenvalue weighted by Crippen LogP contribution is -2.46. The topological polar surface area (TPSA) is 77.1 Å². The number of nitrogens with one attached hydrogen (secondary N) is 1. The number of anilines is 1. The molecule has 184 valence electrons. The molecule has 0 fully saturated rings. The van der Waals surface area contributed by atoms with Gasteiger partial charge in [0.25, 0.3) is 0 Å². The number of carbonyl (C=O) groups is 2. The van der Waals surface area contributed by atoms with E-state index < -0.39 is 23.7 Å². The van der Waals surface area contributed by atoms with Gasteiger partial charge in [-0.2, -0.15) is 0 Å². The number of benzene rings is 2. The second-order valence-electron chi connectivity index (χ2n) is 8.50. The second-order valence-corrected chi connectivity index (χ2v) is 10.3. The van der Waals surface area contributed by atoms with Crippen LogP contribution in [0.2, 0.25) is 0 Å². The predicted octanol–water partition coefficient (Wildman–Crippen LogP) is 5.01. The van der Waals surface area contributed by atoms with Crippen LogP contribution in [0.15, 0.2) is 40.9 Å². The van der Waals surface area contributed by atoms with Crippen molar-refractivity contribution in [1.29, 1.82) is 0 Å². The van der Waals surface area contributed by atoms with Gasteiger partial charge in [-0.15, -0.1) is 0 Å². The van der Waals surface area contributed by atoms with Crippen LogP contribution >= 0.6 is 38.5 Å². The largest absolute Gasteiger partial charge is 0.491 e. The Hall–Kier alpha value is -2.08. The lowest BCUT2D eigenvalue weighted by Gasteiger charge is -2.28. The molecule has 0 aromatic heterocycles. The van der Waals surface area contributed by atoms with Gasteiger partial charge >= 0.3 is 12.1 Å². The van der Waals surface area contributed by atoms with Crippen LogP contribution in [0.1, 0.15) is 25.0 Å². The van der Waals surface area contributed by atoms with Crippen LogP contribution in [0.4, 0.5) is 14.9 Å². The minimum absolute atomic E-state index is 0.154. The Labute approximate surface area is 220 Å². The lowest BCUT2D eigenvalue weighted by atomic mass is 9.97. The van der Waals surface area contributed by atoms with E-state index >= 15 is 0 Å². The van der Waals surface area contributed by atoms with E-state index in [0.717, 1.165) is 21.5 Å². The van der Waals surface area contributed by atoms with Crippen LogP contribution in [-0.4, -0.2) is 48.4 Å². The van der Waals surface area contributed by atoms with Crippen LogP contribution in [0, 0.1) is 5.82 Å². The minimum Gasteiger partial charge on any atom is -0.491 e. The van der Waals surface area contributed by atoms with Gasteiger partial charge in [-0.1, -0.05) is 44.6 Å². The second kappa shape index (κ2) is 11.6. The number of alkyl halides is 1. The molecule has 7 nitrogen and oxygen atoms in total. The number of hydrogen-bond donors (Lipinski definition) is 1. The number of nitrogens with zero attached hydrogens (tertiary/aromatic N) is 1. The highest BCUT2D eigenvalue weighted by Crippen LogP contribution is 2.30. The molecule has 0 unspecified atom stereocenters. The van der Waals surface area contributed by atoms with Gasteiger partial charge in [0.15, 0.2) is 0 Å². The molecule has 10 heteroatoms. The van der Waals surface area contributed by atoms with Crippen molar-refractivity contribution < 1.29 is 28.2 Å². The molecule has 1 aliphatic rings. The Morgan fingerprint density at radius 3 is 2.76 bits per heavy atom. The fourth-order valence-electron chi connectivity index (χ4n) is 3.68. The zero-order valence-electron chi connectivity index (χ0n) is 19.2. The van der Waals surface area contributed by atoms with E-state index in [1.165, 1.54) is 13.2 Å². The Kier molecular flexibility index (Phi) is 9.02. The summed E-state index contributed by atoms with van der Waals surface area (Å²) in [6, 6.07) is 10.1. The number of methoxy groups -OCH3 is 1. The normalized spacial score (nSPS) is 14.4. The fraction of sp³-hybridized carbons (Fsp3) is 0.417. The number of alkyl carbamates (subject to hydrolysis) is 1. The molecular formula is C24H27BrFIN2O5. The summed E-state index contributed by atoms with van der Waals surface area (Å²) in [6.07, 6.45) is -0.609. The molecule has 1 N–H and O–H groups in total. The SMILES string of the molecule is COC(=O)[C@H](CI)NC(=O)OC(C)(C)Cc1cc(N2CCOc3cc(Br)ccc3C2)ccc1F. The van der Waals surface area contributed by atoms with Gasteiger partial charge in [-0.25, -0.2) is 14.0 Å². The molecule has 2 aromatic rings. The highest BCUT2D eigenvalue weighted by molar-refractivity contribution is 14.1. The summed E-state index contributed by atoms with van der Waals surface area (Å²) < 4.78 is 32.1. The van der Waals surface area contributed by atoms with E-state index in [2.05, 4.69) is 30.9 Å². The Bertz CT molecular complexity index is 1050. The van der Waals surface area contributed by atoms with Crippen molar-refractivity contribution in [2.45, 2.75) is 38.5 Å². The van der Waals surface area contributed by atoms with E-state index in [0.29, 0.717) is 29.7 Å². The summed E-state index contributed by atoms with van der Waals surface area (Å²) in [5, 5.41) is 2.49. The molecule has 0 radical (unpaired) electrons. The van der Waals surface area contributed by atoms with Gasteiger partial charge in [-0.3, -0.25) is 0 Å². The molecule has 1 atom stereocenters. The minimum atomic E-state index is -1.02. The lowest BCUT2D eigenvalue weighted by molar-refractivity contribution is -0.142. The number of rotatable bonds is 7. The first-order valence-electron chi connectivity index (χ1n) is 10.7. The summed E-state index contributed by atoms with van der Waals surface area (Å²) in [7, 11) is 1.25. The van der Waals surface area contributed by atoms with Crippen molar-refractivity contribution in [3.05, 3.63) is 57.8 Å². The Morgan fingerprint density at radius 2 is 2.06 bits per heavy atom. The van der Waals surface area contributed by atoms with Crippen LogP contribution < -0.4 is 15.0 Å². The number of carbonyl (C=O) groups excluding carboxylic acids is 2. The van der Waals surface area contributed by atoms with Crippen LogP contribution in [0.3, 0.4) is 0 Å². The third-order valence-electron chi connectivity index (χ3n) is 5.32. The number of halogens is 3. The first-order valence-corrected chi connectivity index (χ1v) is 13.0. The van der Waals surface area contributed by atoms with Gasteiger partial charge in [-0.05, 0) is 49.7 Å². The van der Waals surface area contributed by atoms with Gasteiger partial charge in [0.05, 0.1) is 13.7 Å². The molecule has 0 bridgehead atoms. The zero-order chi connectivity index (χ0) is 24.9. The molecular weight excluding hydrogens is 622 g/mol. The summed E-state index contributed by atoms with van der Waals surface area (Å²) in [5.41, 5.74) is 1.31. The number of amides is 1. The highest BCUT2D eigenvalue weighted by atomic mass is 127. The first-order chi connectivity index (χ1) is 16.1. The molecule has 34 heavy (non-hydrogen) atoms. The number of fused-ring (bicyclic) bond motifs is 1. The average molecular weight is 649 g/mol. The molecule has 2 aromatic carbocycles. The third kappa shape index (κ3) is 6.97. The van der Waals surface area contributed by atoms with E-state index in [1.807, 2.05) is 40.8 Å². The van der Waals surface area contributed by atoms with Crippen molar-refractivity contribution in [1.82, 2.24) is 5.32 Å². The van der Waals surface area contributed by atoms with E-state index in [9.17, 15) is 14.0 Å². The third-order valence-corrected chi connectivity index (χ3v) is 6.69. The highest BCUT2D eigenvalue weighted by Gasteiger charge is 2.28. The van der Waals surface area contributed by atoms with Crippen LogP contribution in [0.5, 0.6) is 5.75 Å². The summed E-state index contributed by atoms with van der Waals surface area (Å²) in [5.74, 6) is -0.106. The quantitative estimate of drug-likeness (QED) is 0.259. The number of esters is 1. The molecule has 0 saturated heterocycles. The molecule has 1 aliphatic heterocycles. The maximum atomic E-state index is 14.7. The maximum absolute atomic E-state index is 14.7. The maximum Gasteiger partial charge on any atom is 0.408 e. The summed E-state index contributed by atoms with van der Waals surface area (Å²) in [4.78, 5) is 26.2. The molecule has 3 rings (SSSR count). The van der Waals surface area contributed by atoms with Crippen molar-refractivity contribution in [2.75, 3.05) is 29.6 Å². The average Bonchev–Trinajstić information content (AvgIpc) is 3.00. The Morgan fingerprint density at radius 1 is 1.29 bits per heavy atom. The van der Waals surface area contributed by atoms with Crippen LogP contribution in [0.25, 0.3) is 0 Å². The van der Waals surface area contributed by atoms with E-state index in [1.54, 1.807) is 26.0 Å². The van der Waals surface area contributed by atoms with E-state index in [4.69, 9.17) is 9.47 Å². The van der Waals surface area contributed by atoms with Crippen molar-refractivity contribution in [2.24, 2.45) is 0 Å². The summed E-state index contributed by atoms with van der Waals surface area (Å²) >= 11 is 5.44. The monoisotopic (exact) mass is 648 g/mol. The van der Waals surface area contributed by atoms with Crippen molar-refractivity contribution >= 4 is 56.3 Å². The molecule has 1 heterocycles. The molecule has 1 amide bonds. The molecule has 0 spiro atoms. The van der Waals surface area contributed by atoms with E-state index in [-0.39, 0.29) is 12.2 Å². The van der Waals surface area contributed by atoms with Gasteiger partial charge in [0.2, 0.25) is 0 Å². The smallest absolute Gasteiger partial charge is 0.408 e. The van der Waals surface area contributed by atoms with Crippen molar-refractivity contribution in [3.8, 4) is 5.75 Å². The summed E-state index contributed by atoms with van der Waals surface area (Å²) in [6.45, 7) is 5.17. The standard InChI is InChI=1S/C24H27BrFIN2O5/c1-24(2,34-23(31)28-20(13-27)22(30)32-3)12-16-10-18(6-7-19(16)26)29-8-9-33-21-11-17(25)5-4-15(21)14-29/h4-7,10-11,20H,8-9,12-14H2,1-3H3,(H,28,31)/t20-/m0/s1. The molecule has 0 aliphatic carbocycles. The Balaban J connectivity index is 1.72. The fourth-order valence-corrected chi connectivity index (χ4v) is 4.60. The predicted molar refractivity (Wildman–Crippen MR) is 139 cm³/mol. The van der Waals surface area contributed by atoms with Gasteiger partial charge in [0, 0.05) is 33.1 Å². The number of ether oxygens (including phenoxy) is 3. The van der Waals surface area contributed by atoms with Crippen LogP contribution in [-0.2, 0) is 27.2 Å². The van der Waals surface area contributed by atoms with Gasteiger partial charge in [0.1, 0.15) is 29.8 Å². The molecule has 0 saturated carbocycles. The zero-order valence-corrected chi connectivity index (χ0v) is 22.9.